The van der Waals surface area contributed by atoms with Crippen molar-refractivity contribution >= 4 is 16.1 Å². The van der Waals surface area contributed by atoms with Crippen molar-refractivity contribution in [2.24, 2.45) is 0 Å². The van der Waals surface area contributed by atoms with E-state index >= 15 is 0 Å². The lowest BCUT2D eigenvalue weighted by Crippen LogP contribution is -2.40. The number of halogens is 3. The van der Waals surface area contributed by atoms with E-state index in [4.69, 9.17) is 13.0 Å². The Morgan fingerprint density at radius 1 is 1.06 bits per heavy atom. The molecule has 0 saturated heterocycles. The van der Waals surface area contributed by atoms with Crippen molar-refractivity contribution in [1.29, 1.82) is 0 Å². The number of alkyl halides is 3. The highest BCUT2D eigenvalue weighted by Crippen LogP contribution is 2.20. The molecule has 18 heavy (non-hydrogen) atoms. The van der Waals surface area contributed by atoms with Crippen LogP contribution in [0.25, 0.3) is 0 Å². The maximum atomic E-state index is 10.7. The van der Waals surface area contributed by atoms with Gasteiger partial charge in [-0.25, -0.2) is 8.42 Å². The molecule has 0 aromatic heterocycles. The molecule has 0 unspecified atom stereocenters. The van der Waals surface area contributed by atoms with Gasteiger partial charge in [-0.15, -0.1) is 0 Å². The monoisotopic (exact) mass is 293 g/mol. The number of rotatable bonds is 0. The Labute approximate surface area is 105 Å². The second-order valence-corrected chi connectivity index (χ2v) is 5.25. The normalized spacial score (nSPS) is 11.2. The molecule has 0 heterocycles. The van der Waals surface area contributed by atoms with Crippen molar-refractivity contribution in [2.75, 3.05) is 42.3 Å². The topological polar surface area (TPSA) is 66.7 Å². The van der Waals surface area contributed by atoms with E-state index in [9.17, 15) is 13.2 Å². The van der Waals surface area contributed by atoms with Crippen molar-refractivity contribution in [3.63, 3.8) is 0 Å². The van der Waals surface area contributed by atoms with Crippen LogP contribution >= 0.6 is 0 Å². The van der Waals surface area contributed by atoms with Crippen molar-refractivity contribution in [3.8, 4) is 0 Å². The molecular weight excluding hydrogens is 275 g/mol. The van der Waals surface area contributed by atoms with Gasteiger partial charge in [-0.2, -0.15) is 13.2 Å². The second-order valence-electron chi connectivity index (χ2n) is 3.88. The molecule has 0 saturated carbocycles. The summed E-state index contributed by atoms with van der Waals surface area (Å²) in [5.41, 5.74) is -5.65. The summed E-state index contributed by atoms with van der Waals surface area (Å²) in [5, 5.41) is 0. The molecule has 0 spiro atoms. The molecule has 0 N–H and O–H groups in total. The Morgan fingerprint density at radius 3 is 1.28 bits per heavy atom. The Morgan fingerprint density at radius 2 is 1.28 bits per heavy atom. The summed E-state index contributed by atoms with van der Waals surface area (Å²) in [4.78, 5) is 4.17. The Balaban J connectivity index is 0. The summed E-state index contributed by atoms with van der Waals surface area (Å²) in [6.45, 7) is 0. The number of hydrogen-bond donors (Lipinski definition) is 0. The zero-order valence-electron chi connectivity index (χ0n) is 11.1. The van der Waals surface area contributed by atoms with E-state index in [1.807, 2.05) is 42.3 Å². The molecule has 0 aliphatic carbocycles. The molecule has 0 rings (SSSR count). The zero-order chi connectivity index (χ0) is 15.3. The van der Waals surface area contributed by atoms with Crippen molar-refractivity contribution in [1.82, 2.24) is 9.80 Å². The molecule has 6 nitrogen and oxygen atoms in total. The fourth-order valence-electron chi connectivity index (χ4n) is 1.20. The van der Waals surface area contributed by atoms with Gasteiger partial charge in [0.2, 0.25) is 0 Å². The summed E-state index contributed by atoms with van der Waals surface area (Å²) in [7, 11) is 6.13. The minimum Gasteiger partial charge on any atom is -0.741 e. The first-order chi connectivity index (χ1) is 7.71. The van der Waals surface area contributed by atoms with Gasteiger partial charge in [0.15, 0.2) is 10.1 Å². The Kier molecular flexibility index (Phi) is 7.28. The summed E-state index contributed by atoms with van der Waals surface area (Å²) < 4.78 is 61.0. The van der Waals surface area contributed by atoms with Crippen LogP contribution in [-0.4, -0.2) is 81.1 Å². The van der Waals surface area contributed by atoms with Crippen molar-refractivity contribution in [2.45, 2.75) is 5.51 Å². The third-order valence-electron chi connectivity index (χ3n) is 1.48. The van der Waals surface area contributed by atoms with Crippen molar-refractivity contribution in [3.05, 3.63) is 0 Å². The minimum absolute atomic E-state index is 1.19. The van der Waals surface area contributed by atoms with Gasteiger partial charge in [0.05, 0.1) is 42.3 Å². The van der Waals surface area contributed by atoms with E-state index in [0.717, 1.165) is 0 Å². The fourth-order valence-corrected chi connectivity index (χ4v) is 1.20. The van der Waals surface area contributed by atoms with Gasteiger partial charge in [0, 0.05) is 0 Å². The molecule has 0 atom stereocenters. The standard InChI is InChI=1S/C7H18N3.CHF3O3S/c1-8(2)7(9(3)4)10(5)6;2-1(3,4)8(5,6)7/h1-6H3;(H,5,6,7)/q+1;/p-1. The largest absolute Gasteiger partial charge is 0.741 e. The molecule has 0 aromatic carbocycles. The molecule has 0 aliphatic heterocycles. The fraction of sp³-hybridized carbons (Fsp3) is 0.875. The van der Waals surface area contributed by atoms with Crippen LogP contribution in [0.2, 0.25) is 0 Å². The third kappa shape index (κ3) is 7.33. The summed E-state index contributed by atoms with van der Waals surface area (Å²) in [6.07, 6.45) is 0. The lowest BCUT2D eigenvalue weighted by molar-refractivity contribution is -0.475. The van der Waals surface area contributed by atoms with Crippen LogP contribution in [0, 0.1) is 0 Å². The first-order valence-corrected chi connectivity index (χ1v) is 6.03. The third-order valence-corrected chi connectivity index (χ3v) is 2.05. The van der Waals surface area contributed by atoms with Crippen LogP contribution in [0.1, 0.15) is 0 Å². The van der Waals surface area contributed by atoms with Crippen LogP contribution < -0.4 is 0 Å². The Hall–Kier alpha value is -1.03. The van der Waals surface area contributed by atoms with E-state index in [1.165, 1.54) is 5.96 Å². The number of guanidine groups is 1. The molecule has 10 heteroatoms. The predicted molar refractivity (Wildman–Crippen MR) is 60.2 cm³/mol. The van der Waals surface area contributed by atoms with E-state index in [1.54, 1.807) is 0 Å². The molecule has 0 radical (unpaired) electrons. The quantitative estimate of drug-likeness (QED) is 0.203. The average Bonchev–Trinajstić information content (AvgIpc) is 1.96. The van der Waals surface area contributed by atoms with Crippen LogP contribution in [-0.2, 0) is 10.1 Å². The highest BCUT2D eigenvalue weighted by molar-refractivity contribution is 7.86. The van der Waals surface area contributed by atoms with Gasteiger partial charge in [0.1, 0.15) is 0 Å². The van der Waals surface area contributed by atoms with Gasteiger partial charge < -0.3 is 4.55 Å². The Bertz CT molecular complexity index is 374. The highest BCUT2D eigenvalue weighted by Gasteiger charge is 2.36. The maximum absolute atomic E-state index is 10.7. The first-order valence-electron chi connectivity index (χ1n) is 4.63. The van der Waals surface area contributed by atoms with Gasteiger partial charge in [-0.1, -0.05) is 0 Å². The van der Waals surface area contributed by atoms with Gasteiger partial charge in [0.25, 0.3) is 0 Å². The molecule has 0 aromatic rings. The molecule has 0 bridgehead atoms. The first kappa shape index (κ1) is 19.3. The minimum atomic E-state index is -6.09. The lowest BCUT2D eigenvalue weighted by atomic mass is 10.7. The van der Waals surface area contributed by atoms with Crippen LogP contribution in [0.15, 0.2) is 0 Å². The summed E-state index contributed by atoms with van der Waals surface area (Å²) in [5.74, 6) is 1.19. The van der Waals surface area contributed by atoms with E-state index in [0.29, 0.717) is 0 Å². The molecular formula is C8H18F3N3O3S. The lowest BCUT2D eigenvalue weighted by Gasteiger charge is -2.16. The van der Waals surface area contributed by atoms with E-state index < -0.39 is 15.6 Å². The van der Waals surface area contributed by atoms with Crippen LogP contribution in [0.3, 0.4) is 0 Å². The highest BCUT2D eigenvalue weighted by atomic mass is 32.2. The number of hydrogen-bond acceptors (Lipinski definition) is 3. The van der Waals surface area contributed by atoms with Gasteiger partial charge >= 0.3 is 11.5 Å². The summed E-state index contributed by atoms with van der Waals surface area (Å²) >= 11 is 0. The molecule has 0 aliphatic rings. The molecule has 0 amide bonds. The SMILES string of the molecule is CN(C)C(N(C)C)=[N+](C)C.O=S(=O)([O-])C(F)(F)F. The predicted octanol–water partition coefficient (Wildman–Crippen LogP) is -0.211. The van der Waals surface area contributed by atoms with Crippen LogP contribution in [0.4, 0.5) is 13.2 Å². The van der Waals surface area contributed by atoms with Gasteiger partial charge in [-0.3, -0.25) is 14.4 Å². The smallest absolute Gasteiger partial charge is 0.485 e. The second kappa shape index (κ2) is 6.78. The zero-order valence-corrected chi connectivity index (χ0v) is 11.9. The van der Waals surface area contributed by atoms with Gasteiger partial charge in [-0.05, 0) is 0 Å². The number of nitrogens with zero attached hydrogens (tertiary/aromatic N) is 3. The van der Waals surface area contributed by atoms with Crippen molar-refractivity contribution < 1.29 is 30.7 Å². The summed E-state index contributed by atoms with van der Waals surface area (Å²) in [6, 6.07) is 0. The van der Waals surface area contributed by atoms with Crippen LogP contribution in [0.5, 0.6) is 0 Å². The van der Waals surface area contributed by atoms with E-state index in [2.05, 4.69) is 14.4 Å². The average molecular weight is 293 g/mol. The molecule has 110 valence electrons. The maximum Gasteiger partial charge on any atom is 0.485 e. The molecule has 0 fully saturated rings. The van der Waals surface area contributed by atoms with E-state index in [-0.39, 0.29) is 0 Å².